The predicted octanol–water partition coefficient (Wildman–Crippen LogP) is 3.48. The molecule has 1 aromatic heterocycles. The smallest absolute Gasteiger partial charge is 0.274 e. The van der Waals surface area contributed by atoms with Gasteiger partial charge in [-0.3, -0.25) is 9.59 Å². The quantitative estimate of drug-likeness (QED) is 0.738. The average Bonchev–Trinajstić information content (AvgIpc) is 3.43. The number of amides is 1. The van der Waals surface area contributed by atoms with E-state index in [1.807, 2.05) is 19.9 Å². The van der Waals surface area contributed by atoms with E-state index in [4.69, 9.17) is 0 Å². The molecule has 144 valence electrons. The van der Waals surface area contributed by atoms with Crippen molar-refractivity contribution < 1.29 is 9.18 Å². The van der Waals surface area contributed by atoms with E-state index in [0.717, 1.165) is 12.0 Å². The minimum Gasteiger partial charge on any atom is -0.347 e. The molecule has 0 bridgehead atoms. The Bertz CT molecular complexity index is 1110. The van der Waals surface area contributed by atoms with Crippen molar-refractivity contribution in [3.8, 4) is 0 Å². The molecule has 1 amide bonds. The van der Waals surface area contributed by atoms with Crippen molar-refractivity contribution in [2.45, 2.75) is 38.8 Å². The molecule has 2 aromatic carbocycles. The minimum absolute atomic E-state index is 0.0552. The summed E-state index contributed by atoms with van der Waals surface area (Å²) >= 11 is 0. The van der Waals surface area contributed by atoms with Gasteiger partial charge in [0.2, 0.25) is 0 Å². The van der Waals surface area contributed by atoms with Gasteiger partial charge in [0.25, 0.3) is 11.5 Å². The molecule has 1 aliphatic rings. The van der Waals surface area contributed by atoms with Crippen LogP contribution in [0.3, 0.4) is 0 Å². The van der Waals surface area contributed by atoms with Crippen LogP contribution in [-0.2, 0) is 6.54 Å². The second-order valence-corrected chi connectivity index (χ2v) is 7.75. The van der Waals surface area contributed by atoms with Crippen molar-refractivity contribution in [1.82, 2.24) is 15.1 Å². The highest BCUT2D eigenvalue weighted by molar-refractivity contribution is 6.05. The standard InChI is InChI=1S/C22H22FN3O2/c1-13(2)12-26-22(28)17-9-4-3-8-16(17)20(25-26)21(27)24-19-11-18(19)14-6-5-7-15(23)10-14/h3-10,13,18-19H,11-12H2,1-2H3,(H,24,27)/t18-,19+/m1/s1. The van der Waals surface area contributed by atoms with Gasteiger partial charge in [-0.05, 0) is 36.1 Å². The molecule has 0 aliphatic heterocycles. The Balaban J connectivity index is 1.62. The summed E-state index contributed by atoms with van der Waals surface area (Å²) in [6.45, 7) is 4.44. The van der Waals surface area contributed by atoms with Crippen LogP contribution in [0.5, 0.6) is 0 Å². The van der Waals surface area contributed by atoms with E-state index in [0.29, 0.717) is 17.3 Å². The lowest BCUT2D eigenvalue weighted by Crippen LogP contribution is -2.33. The fourth-order valence-corrected chi connectivity index (χ4v) is 3.57. The predicted molar refractivity (Wildman–Crippen MR) is 106 cm³/mol. The molecule has 1 fully saturated rings. The lowest BCUT2D eigenvalue weighted by Gasteiger charge is -2.12. The summed E-state index contributed by atoms with van der Waals surface area (Å²) in [5.74, 6) is -0.254. The molecule has 28 heavy (non-hydrogen) atoms. The second-order valence-electron chi connectivity index (χ2n) is 7.75. The zero-order valence-corrected chi connectivity index (χ0v) is 15.9. The highest BCUT2D eigenvalue weighted by Gasteiger charge is 2.40. The van der Waals surface area contributed by atoms with Gasteiger partial charge < -0.3 is 5.32 Å². The number of aromatic nitrogens is 2. The van der Waals surface area contributed by atoms with Crippen LogP contribution in [0.2, 0.25) is 0 Å². The van der Waals surface area contributed by atoms with Gasteiger partial charge in [0, 0.05) is 23.9 Å². The first-order chi connectivity index (χ1) is 13.4. The molecule has 1 aliphatic carbocycles. The van der Waals surface area contributed by atoms with Gasteiger partial charge in [-0.2, -0.15) is 5.10 Å². The lowest BCUT2D eigenvalue weighted by molar-refractivity contribution is 0.0944. The third-order valence-electron chi connectivity index (χ3n) is 5.00. The normalized spacial score (nSPS) is 18.4. The van der Waals surface area contributed by atoms with Crippen molar-refractivity contribution in [3.63, 3.8) is 0 Å². The van der Waals surface area contributed by atoms with Crippen LogP contribution in [0.4, 0.5) is 4.39 Å². The maximum absolute atomic E-state index is 13.4. The fraction of sp³-hybridized carbons (Fsp3) is 0.318. The van der Waals surface area contributed by atoms with E-state index in [-0.39, 0.29) is 40.9 Å². The minimum atomic E-state index is -0.308. The van der Waals surface area contributed by atoms with Gasteiger partial charge in [-0.15, -0.1) is 0 Å². The van der Waals surface area contributed by atoms with E-state index in [1.54, 1.807) is 30.3 Å². The molecule has 1 saturated carbocycles. The third-order valence-corrected chi connectivity index (χ3v) is 5.00. The number of carbonyl (C=O) groups is 1. The maximum atomic E-state index is 13.4. The first-order valence-electron chi connectivity index (χ1n) is 9.50. The summed E-state index contributed by atoms with van der Waals surface area (Å²) < 4.78 is 14.8. The zero-order valence-electron chi connectivity index (χ0n) is 15.9. The van der Waals surface area contributed by atoms with E-state index in [9.17, 15) is 14.0 Å². The molecule has 2 atom stereocenters. The van der Waals surface area contributed by atoms with Crippen LogP contribution >= 0.6 is 0 Å². The molecule has 1 heterocycles. The summed E-state index contributed by atoms with van der Waals surface area (Å²) in [6, 6.07) is 13.5. The van der Waals surface area contributed by atoms with Crippen LogP contribution in [0.25, 0.3) is 10.8 Å². The fourth-order valence-electron chi connectivity index (χ4n) is 3.57. The van der Waals surface area contributed by atoms with Crippen molar-refractivity contribution in [2.75, 3.05) is 0 Å². The van der Waals surface area contributed by atoms with E-state index >= 15 is 0 Å². The highest BCUT2D eigenvalue weighted by Crippen LogP contribution is 2.41. The Kier molecular flexibility index (Phi) is 4.71. The molecule has 0 spiro atoms. The van der Waals surface area contributed by atoms with Crippen molar-refractivity contribution in [1.29, 1.82) is 0 Å². The number of nitrogens with one attached hydrogen (secondary N) is 1. The third kappa shape index (κ3) is 3.54. The van der Waals surface area contributed by atoms with E-state index in [1.165, 1.54) is 16.8 Å². The SMILES string of the molecule is CC(C)Cn1nc(C(=O)N[C@H]2C[C@@H]2c2cccc(F)c2)c2ccccc2c1=O. The van der Waals surface area contributed by atoms with Crippen LogP contribution in [-0.4, -0.2) is 21.7 Å². The number of carbonyl (C=O) groups excluding carboxylic acids is 1. The Labute approximate surface area is 162 Å². The molecule has 0 saturated heterocycles. The first kappa shape index (κ1) is 18.3. The maximum Gasteiger partial charge on any atom is 0.274 e. The van der Waals surface area contributed by atoms with Crippen LogP contribution in [0, 0.1) is 11.7 Å². The second kappa shape index (κ2) is 7.19. The van der Waals surface area contributed by atoms with Crippen LogP contribution in [0.1, 0.15) is 42.2 Å². The summed E-state index contributed by atoms with van der Waals surface area (Å²) in [5, 5.41) is 8.39. The number of nitrogens with zero attached hydrogens (tertiary/aromatic N) is 2. The van der Waals surface area contributed by atoms with Crippen LogP contribution < -0.4 is 10.9 Å². The molecule has 0 unspecified atom stereocenters. The number of hydrogen-bond acceptors (Lipinski definition) is 3. The van der Waals surface area contributed by atoms with E-state index in [2.05, 4.69) is 10.4 Å². The van der Waals surface area contributed by atoms with Gasteiger partial charge in [-0.25, -0.2) is 9.07 Å². The Hall–Kier alpha value is -3.02. The molecule has 0 radical (unpaired) electrons. The molecular weight excluding hydrogens is 357 g/mol. The summed E-state index contributed by atoms with van der Waals surface area (Å²) in [7, 11) is 0. The molecule has 4 rings (SSSR count). The molecule has 3 aromatic rings. The Morgan fingerprint density at radius 3 is 2.68 bits per heavy atom. The highest BCUT2D eigenvalue weighted by atomic mass is 19.1. The molecular formula is C22H22FN3O2. The molecule has 5 nitrogen and oxygen atoms in total. The number of halogens is 1. The number of rotatable bonds is 5. The number of fused-ring (bicyclic) bond motifs is 1. The topological polar surface area (TPSA) is 64.0 Å². The van der Waals surface area contributed by atoms with Gasteiger partial charge in [0.05, 0.1) is 5.39 Å². The number of hydrogen-bond donors (Lipinski definition) is 1. The lowest BCUT2D eigenvalue weighted by atomic mass is 10.1. The largest absolute Gasteiger partial charge is 0.347 e. The Morgan fingerprint density at radius 2 is 1.96 bits per heavy atom. The summed E-state index contributed by atoms with van der Waals surface area (Å²) in [5.41, 5.74) is 0.943. The molecule has 6 heteroatoms. The molecule has 1 N–H and O–H groups in total. The van der Waals surface area contributed by atoms with Crippen molar-refractivity contribution >= 4 is 16.7 Å². The summed E-state index contributed by atoms with van der Waals surface area (Å²) in [6.07, 6.45) is 0.763. The summed E-state index contributed by atoms with van der Waals surface area (Å²) in [4.78, 5) is 25.6. The Morgan fingerprint density at radius 1 is 1.21 bits per heavy atom. The average molecular weight is 379 g/mol. The van der Waals surface area contributed by atoms with Crippen molar-refractivity contribution in [3.05, 3.63) is 76.0 Å². The first-order valence-corrected chi connectivity index (χ1v) is 9.50. The van der Waals surface area contributed by atoms with Crippen molar-refractivity contribution in [2.24, 2.45) is 5.92 Å². The zero-order chi connectivity index (χ0) is 19.8. The van der Waals surface area contributed by atoms with E-state index < -0.39 is 0 Å². The van der Waals surface area contributed by atoms with Gasteiger partial charge in [-0.1, -0.05) is 44.2 Å². The number of benzene rings is 2. The van der Waals surface area contributed by atoms with Gasteiger partial charge >= 0.3 is 0 Å². The monoisotopic (exact) mass is 379 g/mol. The van der Waals surface area contributed by atoms with Gasteiger partial charge in [0.15, 0.2) is 5.69 Å². The van der Waals surface area contributed by atoms with Crippen LogP contribution in [0.15, 0.2) is 53.3 Å². The van der Waals surface area contributed by atoms with Gasteiger partial charge in [0.1, 0.15) is 5.82 Å².